The summed E-state index contributed by atoms with van der Waals surface area (Å²) in [6.07, 6.45) is 4.91. The highest BCUT2D eigenvalue weighted by Gasteiger charge is 2.22. The molecule has 0 fully saturated rings. The van der Waals surface area contributed by atoms with E-state index in [4.69, 9.17) is 9.47 Å². The van der Waals surface area contributed by atoms with E-state index in [-0.39, 0.29) is 6.04 Å². The van der Waals surface area contributed by atoms with Crippen LogP contribution in [0.1, 0.15) is 24.1 Å². The van der Waals surface area contributed by atoms with Gasteiger partial charge in [-0.15, -0.1) is 0 Å². The van der Waals surface area contributed by atoms with Crippen LogP contribution in [0, 0.1) is 0 Å². The van der Waals surface area contributed by atoms with Gasteiger partial charge in [0.25, 0.3) is 0 Å². The first-order valence-electron chi connectivity index (χ1n) is 7.20. The number of rotatable bonds is 4. The fraction of sp³-hybridized carbons (Fsp3) is 0.438. The van der Waals surface area contributed by atoms with Gasteiger partial charge >= 0.3 is 0 Å². The summed E-state index contributed by atoms with van der Waals surface area (Å²) in [6, 6.07) is 6.58. The topological polar surface area (TPSA) is 48.3 Å². The lowest BCUT2D eigenvalue weighted by Crippen LogP contribution is -2.40. The van der Waals surface area contributed by atoms with Crippen LogP contribution < -0.4 is 14.8 Å². The Kier molecular flexibility index (Phi) is 3.84. The third kappa shape index (κ3) is 3.03. The molecular formula is C16H21N3O2. The summed E-state index contributed by atoms with van der Waals surface area (Å²) in [5.74, 6) is 1.77. The standard InChI is InChI=1S/C16H21N3O2/c1-11(13-8-17-19(2)9-13)18-14-6-12-4-5-15(20-3)7-16(12)21-10-14/h4-5,7-9,11,14,18H,6,10H2,1-3H3/t11-,14+/m1/s1. The van der Waals surface area contributed by atoms with Gasteiger partial charge in [0.2, 0.25) is 0 Å². The van der Waals surface area contributed by atoms with Gasteiger partial charge in [-0.05, 0) is 25.0 Å². The average molecular weight is 287 g/mol. The number of fused-ring (bicyclic) bond motifs is 1. The maximum Gasteiger partial charge on any atom is 0.126 e. The summed E-state index contributed by atoms with van der Waals surface area (Å²) in [4.78, 5) is 0. The van der Waals surface area contributed by atoms with Gasteiger partial charge in [0.05, 0.1) is 13.3 Å². The van der Waals surface area contributed by atoms with Crippen molar-refractivity contribution >= 4 is 0 Å². The normalized spacial score (nSPS) is 18.7. The molecule has 1 aromatic carbocycles. The summed E-state index contributed by atoms with van der Waals surface area (Å²) in [5, 5.41) is 7.83. The predicted octanol–water partition coefficient (Wildman–Crippen LogP) is 2.08. The maximum atomic E-state index is 5.86. The summed E-state index contributed by atoms with van der Waals surface area (Å²) in [6.45, 7) is 2.82. The zero-order valence-corrected chi connectivity index (χ0v) is 12.7. The summed E-state index contributed by atoms with van der Waals surface area (Å²) < 4.78 is 12.9. The molecule has 1 aromatic heterocycles. The van der Waals surface area contributed by atoms with Gasteiger partial charge in [-0.2, -0.15) is 5.10 Å². The molecule has 1 N–H and O–H groups in total. The van der Waals surface area contributed by atoms with Crippen LogP contribution in [0.15, 0.2) is 30.6 Å². The number of ether oxygens (including phenoxy) is 2. The van der Waals surface area contributed by atoms with Crippen molar-refractivity contribution in [1.29, 1.82) is 0 Å². The fourth-order valence-electron chi connectivity index (χ4n) is 2.70. The van der Waals surface area contributed by atoms with Gasteiger partial charge in [-0.3, -0.25) is 4.68 Å². The quantitative estimate of drug-likeness (QED) is 0.935. The molecule has 112 valence electrons. The number of methoxy groups -OCH3 is 1. The summed E-state index contributed by atoms with van der Waals surface area (Å²) in [7, 11) is 3.61. The van der Waals surface area contributed by atoms with Gasteiger partial charge in [0, 0.05) is 37.0 Å². The number of benzene rings is 1. The molecule has 0 amide bonds. The van der Waals surface area contributed by atoms with Crippen LogP contribution in [-0.4, -0.2) is 29.5 Å². The molecule has 2 atom stereocenters. The van der Waals surface area contributed by atoms with E-state index >= 15 is 0 Å². The van der Waals surface area contributed by atoms with Crippen molar-refractivity contribution in [2.24, 2.45) is 7.05 Å². The van der Waals surface area contributed by atoms with Crippen molar-refractivity contribution in [2.75, 3.05) is 13.7 Å². The van der Waals surface area contributed by atoms with Gasteiger partial charge in [-0.25, -0.2) is 0 Å². The number of nitrogens with zero attached hydrogens (tertiary/aromatic N) is 2. The molecule has 0 spiro atoms. The highest BCUT2D eigenvalue weighted by molar-refractivity contribution is 5.42. The van der Waals surface area contributed by atoms with Crippen molar-refractivity contribution in [3.05, 3.63) is 41.7 Å². The van der Waals surface area contributed by atoms with Crippen LogP contribution in [0.2, 0.25) is 0 Å². The molecule has 0 bridgehead atoms. The van der Waals surface area contributed by atoms with Crippen molar-refractivity contribution in [3.63, 3.8) is 0 Å². The molecule has 0 saturated heterocycles. The number of hydrogen-bond donors (Lipinski definition) is 1. The second-order valence-corrected chi connectivity index (χ2v) is 5.52. The predicted molar refractivity (Wildman–Crippen MR) is 80.7 cm³/mol. The zero-order valence-electron chi connectivity index (χ0n) is 12.7. The Morgan fingerprint density at radius 1 is 1.48 bits per heavy atom. The minimum absolute atomic E-state index is 0.257. The largest absolute Gasteiger partial charge is 0.497 e. The van der Waals surface area contributed by atoms with E-state index in [1.807, 2.05) is 36.3 Å². The summed E-state index contributed by atoms with van der Waals surface area (Å²) in [5.41, 5.74) is 2.41. The third-order valence-electron chi connectivity index (χ3n) is 3.89. The fourth-order valence-corrected chi connectivity index (χ4v) is 2.70. The second kappa shape index (κ2) is 5.77. The molecule has 2 heterocycles. The highest BCUT2D eigenvalue weighted by Crippen LogP contribution is 2.29. The number of aryl methyl sites for hydroxylation is 1. The monoisotopic (exact) mass is 287 g/mol. The Labute approximate surface area is 124 Å². The van der Waals surface area contributed by atoms with Crippen molar-refractivity contribution < 1.29 is 9.47 Å². The van der Waals surface area contributed by atoms with Crippen molar-refractivity contribution in [3.8, 4) is 11.5 Å². The van der Waals surface area contributed by atoms with Gasteiger partial charge in [0.15, 0.2) is 0 Å². The van der Waals surface area contributed by atoms with Crippen LogP contribution in [0.4, 0.5) is 0 Å². The Morgan fingerprint density at radius 3 is 3.05 bits per heavy atom. The Hall–Kier alpha value is -2.01. The maximum absolute atomic E-state index is 5.86. The SMILES string of the molecule is COc1ccc2c(c1)OC[C@@H](N[C@H](C)c1cnn(C)c1)C2. The Balaban J connectivity index is 1.66. The minimum atomic E-state index is 0.257. The van der Waals surface area contributed by atoms with Crippen molar-refractivity contribution in [1.82, 2.24) is 15.1 Å². The smallest absolute Gasteiger partial charge is 0.126 e. The van der Waals surface area contributed by atoms with Crippen LogP contribution in [0.3, 0.4) is 0 Å². The molecule has 5 nitrogen and oxygen atoms in total. The molecule has 1 aliphatic rings. The molecular weight excluding hydrogens is 266 g/mol. The molecule has 5 heteroatoms. The zero-order chi connectivity index (χ0) is 14.8. The molecule has 3 rings (SSSR count). The van der Waals surface area contributed by atoms with Crippen LogP contribution >= 0.6 is 0 Å². The molecule has 2 aromatic rings. The van der Waals surface area contributed by atoms with E-state index in [9.17, 15) is 0 Å². The molecule has 21 heavy (non-hydrogen) atoms. The number of nitrogens with one attached hydrogen (secondary N) is 1. The van der Waals surface area contributed by atoms with Crippen LogP contribution in [-0.2, 0) is 13.5 Å². The lowest BCUT2D eigenvalue weighted by atomic mass is 10.0. The first-order chi connectivity index (χ1) is 10.2. The third-order valence-corrected chi connectivity index (χ3v) is 3.89. The summed E-state index contributed by atoms with van der Waals surface area (Å²) >= 11 is 0. The van der Waals surface area contributed by atoms with Crippen LogP contribution in [0.25, 0.3) is 0 Å². The van der Waals surface area contributed by atoms with E-state index in [0.717, 1.165) is 17.9 Å². The van der Waals surface area contributed by atoms with E-state index < -0.39 is 0 Å². The van der Waals surface area contributed by atoms with Crippen molar-refractivity contribution in [2.45, 2.75) is 25.4 Å². The van der Waals surface area contributed by atoms with Gasteiger partial charge < -0.3 is 14.8 Å². The molecule has 1 aliphatic heterocycles. The van der Waals surface area contributed by atoms with Gasteiger partial charge in [-0.1, -0.05) is 6.07 Å². The average Bonchev–Trinajstić information content (AvgIpc) is 2.93. The molecule has 0 saturated carbocycles. The Bertz CT molecular complexity index is 624. The lowest BCUT2D eigenvalue weighted by molar-refractivity contribution is 0.228. The first kappa shape index (κ1) is 13.9. The van der Waals surface area contributed by atoms with E-state index in [0.29, 0.717) is 12.6 Å². The lowest BCUT2D eigenvalue weighted by Gasteiger charge is -2.28. The highest BCUT2D eigenvalue weighted by atomic mass is 16.5. The van der Waals surface area contributed by atoms with E-state index in [2.05, 4.69) is 23.4 Å². The van der Waals surface area contributed by atoms with Crippen LogP contribution in [0.5, 0.6) is 11.5 Å². The van der Waals surface area contributed by atoms with E-state index in [1.54, 1.807) is 7.11 Å². The molecule has 0 unspecified atom stereocenters. The van der Waals surface area contributed by atoms with E-state index in [1.165, 1.54) is 11.1 Å². The molecule has 0 aliphatic carbocycles. The first-order valence-corrected chi connectivity index (χ1v) is 7.20. The number of hydrogen-bond acceptors (Lipinski definition) is 4. The Morgan fingerprint density at radius 2 is 2.33 bits per heavy atom. The number of aromatic nitrogens is 2. The van der Waals surface area contributed by atoms with Gasteiger partial charge in [0.1, 0.15) is 18.1 Å². The second-order valence-electron chi connectivity index (χ2n) is 5.52. The molecule has 0 radical (unpaired) electrons. The minimum Gasteiger partial charge on any atom is -0.497 e.